The second-order valence-corrected chi connectivity index (χ2v) is 6.12. The van der Waals surface area contributed by atoms with E-state index in [0.717, 1.165) is 5.56 Å². The Morgan fingerprint density at radius 2 is 1.41 bits per heavy atom. The Kier molecular flexibility index (Phi) is 6.84. The standard InChI is InChI=1S/C23H21NO5/c1-27-23(26)20-9-5-6-10-21(20)24-22(25)16-29-19-13-11-18(12-14-19)28-15-17-7-3-2-4-8-17/h2-14H,15-16H2,1H3,(H,24,25). The zero-order chi connectivity index (χ0) is 20.5. The van der Waals surface area contributed by atoms with Gasteiger partial charge in [-0.3, -0.25) is 4.79 Å². The topological polar surface area (TPSA) is 73.9 Å². The number of benzene rings is 3. The third-order valence-corrected chi connectivity index (χ3v) is 4.05. The van der Waals surface area contributed by atoms with Crippen molar-refractivity contribution in [3.05, 3.63) is 90.0 Å². The number of hydrogen-bond acceptors (Lipinski definition) is 5. The predicted molar refractivity (Wildman–Crippen MR) is 109 cm³/mol. The van der Waals surface area contributed by atoms with E-state index in [-0.39, 0.29) is 18.1 Å². The summed E-state index contributed by atoms with van der Waals surface area (Å²) in [5, 5.41) is 2.66. The van der Waals surface area contributed by atoms with Gasteiger partial charge in [0, 0.05) is 0 Å². The van der Waals surface area contributed by atoms with Crippen LogP contribution < -0.4 is 14.8 Å². The normalized spacial score (nSPS) is 10.1. The van der Waals surface area contributed by atoms with Crippen molar-refractivity contribution in [2.45, 2.75) is 6.61 Å². The maximum Gasteiger partial charge on any atom is 0.339 e. The lowest BCUT2D eigenvalue weighted by atomic mass is 10.2. The van der Waals surface area contributed by atoms with Crippen molar-refractivity contribution in [3.8, 4) is 11.5 Å². The first kappa shape index (κ1) is 19.9. The number of esters is 1. The molecule has 29 heavy (non-hydrogen) atoms. The molecule has 3 rings (SSSR count). The molecule has 0 atom stereocenters. The van der Waals surface area contributed by atoms with E-state index < -0.39 is 5.97 Å². The van der Waals surface area contributed by atoms with E-state index in [1.165, 1.54) is 7.11 Å². The minimum absolute atomic E-state index is 0.195. The van der Waals surface area contributed by atoms with Crippen LogP contribution in [0.2, 0.25) is 0 Å². The average Bonchev–Trinajstić information content (AvgIpc) is 2.77. The quantitative estimate of drug-likeness (QED) is 0.586. The summed E-state index contributed by atoms with van der Waals surface area (Å²) >= 11 is 0. The molecule has 0 aliphatic rings. The molecule has 1 amide bonds. The fraction of sp³-hybridized carbons (Fsp3) is 0.130. The van der Waals surface area contributed by atoms with Gasteiger partial charge in [-0.1, -0.05) is 42.5 Å². The number of methoxy groups -OCH3 is 1. The molecule has 6 heteroatoms. The number of amides is 1. The lowest BCUT2D eigenvalue weighted by Crippen LogP contribution is -2.21. The molecule has 0 unspecified atom stereocenters. The van der Waals surface area contributed by atoms with Gasteiger partial charge in [-0.25, -0.2) is 4.79 Å². The van der Waals surface area contributed by atoms with Crippen LogP contribution in [0.25, 0.3) is 0 Å². The van der Waals surface area contributed by atoms with Crippen LogP contribution in [0.15, 0.2) is 78.9 Å². The van der Waals surface area contributed by atoms with E-state index in [1.54, 1.807) is 48.5 Å². The second kappa shape index (κ2) is 9.94. The molecule has 0 aliphatic heterocycles. The van der Waals surface area contributed by atoms with E-state index in [2.05, 4.69) is 5.32 Å². The molecule has 0 radical (unpaired) electrons. The molecular weight excluding hydrogens is 370 g/mol. The molecule has 0 heterocycles. The van der Waals surface area contributed by atoms with Gasteiger partial charge in [0.2, 0.25) is 0 Å². The van der Waals surface area contributed by atoms with Gasteiger partial charge in [-0.05, 0) is 42.0 Å². The van der Waals surface area contributed by atoms with Crippen LogP contribution in [-0.4, -0.2) is 25.6 Å². The van der Waals surface area contributed by atoms with Gasteiger partial charge in [0.15, 0.2) is 6.61 Å². The van der Waals surface area contributed by atoms with Crippen LogP contribution in [0.1, 0.15) is 15.9 Å². The summed E-state index contributed by atoms with van der Waals surface area (Å²) in [6.07, 6.45) is 0. The Labute approximate surface area is 169 Å². The highest BCUT2D eigenvalue weighted by atomic mass is 16.5. The number of carbonyl (C=O) groups is 2. The minimum Gasteiger partial charge on any atom is -0.489 e. The molecule has 0 saturated heterocycles. The van der Waals surface area contributed by atoms with Gasteiger partial charge >= 0.3 is 5.97 Å². The zero-order valence-corrected chi connectivity index (χ0v) is 16.0. The van der Waals surface area contributed by atoms with Gasteiger partial charge in [0.05, 0.1) is 18.4 Å². The van der Waals surface area contributed by atoms with Crippen LogP contribution in [0.4, 0.5) is 5.69 Å². The van der Waals surface area contributed by atoms with Crippen molar-refractivity contribution < 1.29 is 23.8 Å². The summed E-state index contributed by atoms with van der Waals surface area (Å²) in [5.74, 6) is 0.338. The SMILES string of the molecule is COC(=O)c1ccccc1NC(=O)COc1ccc(OCc2ccccc2)cc1. The third-order valence-electron chi connectivity index (χ3n) is 4.05. The molecule has 6 nitrogen and oxygen atoms in total. The van der Waals surface area contributed by atoms with Crippen molar-refractivity contribution in [1.82, 2.24) is 0 Å². The summed E-state index contributed by atoms with van der Waals surface area (Å²) in [7, 11) is 1.29. The summed E-state index contributed by atoms with van der Waals surface area (Å²) in [4.78, 5) is 23.9. The molecule has 0 spiro atoms. The molecule has 148 valence electrons. The van der Waals surface area contributed by atoms with E-state index in [4.69, 9.17) is 14.2 Å². The maximum atomic E-state index is 12.2. The van der Waals surface area contributed by atoms with Crippen LogP contribution >= 0.6 is 0 Å². The maximum absolute atomic E-state index is 12.2. The lowest BCUT2D eigenvalue weighted by molar-refractivity contribution is -0.118. The van der Waals surface area contributed by atoms with E-state index in [0.29, 0.717) is 23.8 Å². The summed E-state index contributed by atoms with van der Waals surface area (Å²) in [5.41, 5.74) is 1.73. The highest BCUT2D eigenvalue weighted by Crippen LogP contribution is 2.19. The molecule has 0 bridgehead atoms. The summed E-state index contributed by atoms with van der Waals surface area (Å²) in [6, 6.07) is 23.5. The Morgan fingerprint density at radius 1 is 0.793 bits per heavy atom. The highest BCUT2D eigenvalue weighted by Gasteiger charge is 2.13. The van der Waals surface area contributed by atoms with Crippen molar-refractivity contribution in [1.29, 1.82) is 0 Å². The second-order valence-electron chi connectivity index (χ2n) is 6.12. The Hall–Kier alpha value is -3.80. The van der Waals surface area contributed by atoms with E-state index >= 15 is 0 Å². The van der Waals surface area contributed by atoms with Crippen LogP contribution in [0, 0.1) is 0 Å². The number of nitrogens with one attached hydrogen (secondary N) is 1. The molecule has 3 aromatic carbocycles. The third kappa shape index (κ3) is 5.84. The molecule has 1 N–H and O–H groups in total. The highest BCUT2D eigenvalue weighted by molar-refractivity contribution is 6.01. The predicted octanol–water partition coefficient (Wildman–Crippen LogP) is 4.07. The van der Waals surface area contributed by atoms with E-state index in [9.17, 15) is 9.59 Å². The van der Waals surface area contributed by atoms with Gasteiger partial charge in [-0.2, -0.15) is 0 Å². The van der Waals surface area contributed by atoms with Crippen LogP contribution in [-0.2, 0) is 16.1 Å². The lowest BCUT2D eigenvalue weighted by Gasteiger charge is -2.11. The van der Waals surface area contributed by atoms with Gasteiger partial charge in [0.1, 0.15) is 18.1 Å². The number of anilines is 1. The number of rotatable bonds is 8. The van der Waals surface area contributed by atoms with Crippen LogP contribution in [0.5, 0.6) is 11.5 Å². The average molecular weight is 391 g/mol. The van der Waals surface area contributed by atoms with Crippen molar-refractivity contribution in [2.24, 2.45) is 0 Å². The minimum atomic E-state index is -0.520. The molecule has 0 saturated carbocycles. The Bertz CT molecular complexity index is 955. The molecular formula is C23H21NO5. The Balaban J connectivity index is 1.50. The molecule has 3 aromatic rings. The van der Waals surface area contributed by atoms with Gasteiger partial charge < -0.3 is 19.5 Å². The van der Waals surface area contributed by atoms with Crippen molar-refractivity contribution in [2.75, 3.05) is 19.0 Å². The summed E-state index contributed by atoms with van der Waals surface area (Å²) in [6.45, 7) is 0.281. The number of hydrogen-bond donors (Lipinski definition) is 1. The largest absolute Gasteiger partial charge is 0.489 e. The first-order valence-electron chi connectivity index (χ1n) is 9.02. The van der Waals surface area contributed by atoms with Gasteiger partial charge in [0.25, 0.3) is 5.91 Å². The van der Waals surface area contributed by atoms with E-state index in [1.807, 2.05) is 30.3 Å². The molecule has 0 fully saturated rings. The van der Waals surface area contributed by atoms with Crippen molar-refractivity contribution >= 4 is 17.6 Å². The molecule has 0 aromatic heterocycles. The monoisotopic (exact) mass is 391 g/mol. The first-order chi connectivity index (χ1) is 14.2. The zero-order valence-electron chi connectivity index (χ0n) is 16.0. The number of ether oxygens (including phenoxy) is 3. The fourth-order valence-electron chi connectivity index (χ4n) is 2.59. The molecule has 0 aliphatic carbocycles. The number of para-hydroxylation sites is 1. The number of carbonyl (C=O) groups excluding carboxylic acids is 2. The van der Waals surface area contributed by atoms with Crippen molar-refractivity contribution in [3.63, 3.8) is 0 Å². The Morgan fingerprint density at radius 3 is 2.10 bits per heavy atom. The first-order valence-corrected chi connectivity index (χ1v) is 9.02. The summed E-state index contributed by atoms with van der Waals surface area (Å²) < 4.78 is 15.9. The smallest absolute Gasteiger partial charge is 0.339 e. The van der Waals surface area contributed by atoms with Gasteiger partial charge in [-0.15, -0.1) is 0 Å². The van der Waals surface area contributed by atoms with Crippen LogP contribution in [0.3, 0.4) is 0 Å². The fourth-order valence-corrected chi connectivity index (χ4v) is 2.59.